The number of amides is 2. The molecule has 0 spiro atoms. The summed E-state index contributed by atoms with van der Waals surface area (Å²) in [7, 11) is 0. The first kappa shape index (κ1) is 26.2. The zero-order chi connectivity index (χ0) is 26.8. The third-order valence-electron chi connectivity index (χ3n) is 6.99. The van der Waals surface area contributed by atoms with Crippen LogP contribution < -0.4 is 0 Å². The molecule has 0 aliphatic carbocycles. The molecule has 2 aromatic carbocycles. The van der Waals surface area contributed by atoms with Crippen molar-refractivity contribution < 1.29 is 9.59 Å². The Kier molecular flexibility index (Phi) is 7.65. The average Bonchev–Trinajstić information content (AvgIpc) is 3.19. The number of fused-ring (bicyclic) bond motifs is 3. The fourth-order valence-electron chi connectivity index (χ4n) is 5.08. The van der Waals surface area contributed by atoms with Gasteiger partial charge in [0, 0.05) is 44.0 Å². The Morgan fingerprint density at radius 3 is 2.58 bits per heavy atom. The fourth-order valence-corrected chi connectivity index (χ4v) is 5.77. The van der Waals surface area contributed by atoms with Crippen LogP contribution in [0.2, 0.25) is 0 Å². The Bertz CT molecular complexity index is 1470. The number of nitrogens with zero attached hydrogens (tertiary/aromatic N) is 6. The van der Waals surface area contributed by atoms with E-state index < -0.39 is 0 Å². The van der Waals surface area contributed by atoms with Crippen molar-refractivity contribution in [2.75, 3.05) is 25.4 Å². The fraction of sp³-hybridized carbons (Fsp3) is 0.414. The molecule has 1 aliphatic heterocycles. The number of hydrogen-bond acceptors (Lipinski definition) is 6. The SMILES string of the molecule is Cc1ccc2c(c1)c1nnc(SCC(=O)N3CCN(C(=O)CC(C)C)C(C)C3)nc1n2Cc1ccccc1. The molecule has 3 heterocycles. The lowest BCUT2D eigenvalue weighted by Gasteiger charge is -2.40. The molecule has 1 saturated heterocycles. The minimum absolute atomic E-state index is 0.00960. The van der Waals surface area contributed by atoms with E-state index in [1.165, 1.54) is 17.3 Å². The summed E-state index contributed by atoms with van der Waals surface area (Å²) in [6.07, 6.45) is 0.543. The van der Waals surface area contributed by atoms with Crippen molar-refractivity contribution in [2.24, 2.45) is 5.92 Å². The highest BCUT2D eigenvalue weighted by Gasteiger charge is 2.30. The summed E-state index contributed by atoms with van der Waals surface area (Å²) >= 11 is 1.31. The van der Waals surface area contributed by atoms with Gasteiger partial charge < -0.3 is 14.4 Å². The van der Waals surface area contributed by atoms with Gasteiger partial charge in [-0.05, 0) is 37.5 Å². The second-order valence-electron chi connectivity index (χ2n) is 10.5. The predicted octanol–water partition coefficient (Wildman–Crippen LogP) is 4.53. The van der Waals surface area contributed by atoms with Crippen LogP contribution in [-0.4, -0.2) is 72.8 Å². The van der Waals surface area contributed by atoms with Crippen molar-refractivity contribution in [3.05, 3.63) is 59.7 Å². The van der Waals surface area contributed by atoms with E-state index in [9.17, 15) is 9.59 Å². The Morgan fingerprint density at radius 1 is 1.05 bits per heavy atom. The Hall–Kier alpha value is -3.46. The summed E-state index contributed by atoms with van der Waals surface area (Å²) in [5.74, 6) is 0.759. The molecule has 1 aliphatic rings. The molecule has 1 unspecified atom stereocenters. The van der Waals surface area contributed by atoms with Crippen LogP contribution in [0.4, 0.5) is 0 Å². The number of carbonyl (C=O) groups excluding carboxylic acids is 2. The zero-order valence-corrected chi connectivity index (χ0v) is 23.2. The van der Waals surface area contributed by atoms with Crippen molar-refractivity contribution in [3.63, 3.8) is 0 Å². The highest BCUT2D eigenvalue weighted by Crippen LogP contribution is 2.29. The lowest BCUT2D eigenvalue weighted by molar-refractivity contribution is -0.141. The first-order valence-corrected chi connectivity index (χ1v) is 14.2. The van der Waals surface area contributed by atoms with E-state index in [-0.39, 0.29) is 23.6 Å². The Labute approximate surface area is 227 Å². The van der Waals surface area contributed by atoms with Crippen LogP contribution >= 0.6 is 11.8 Å². The number of carbonyl (C=O) groups is 2. The number of rotatable bonds is 7. The minimum atomic E-state index is 0.00960. The first-order chi connectivity index (χ1) is 18.3. The maximum Gasteiger partial charge on any atom is 0.233 e. The number of aryl methyl sites for hydroxylation is 1. The van der Waals surface area contributed by atoms with Gasteiger partial charge in [-0.1, -0.05) is 67.6 Å². The Balaban J connectivity index is 1.32. The van der Waals surface area contributed by atoms with Crippen LogP contribution in [0.3, 0.4) is 0 Å². The Morgan fingerprint density at radius 2 is 1.84 bits per heavy atom. The molecule has 1 atom stereocenters. The molecule has 0 bridgehead atoms. The molecule has 8 nitrogen and oxygen atoms in total. The summed E-state index contributed by atoms with van der Waals surface area (Å²) in [5.41, 5.74) is 4.93. The van der Waals surface area contributed by atoms with Gasteiger partial charge in [0.25, 0.3) is 0 Å². The van der Waals surface area contributed by atoms with Gasteiger partial charge in [-0.25, -0.2) is 4.98 Å². The average molecular weight is 531 g/mol. The van der Waals surface area contributed by atoms with Crippen LogP contribution in [-0.2, 0) is 16.1 Å². The zero-order valence-electron chi connectivity index (χ0n) is 22.4. The number of thioether (sulfide) groups is 1. The third-order valence-corrected chi connectivity index (χ3v) is 7.82. The van der Waals surface area contributed by atoms with E-state index in [4.69, 9.17) is 4.98 Å². The van der Waals surface area contributed by atoms with Gasteiger partial charge in [-0.2, -0.15) is 0 Å². The van der Waals surface area contributed by atoms with Crippen LogP contribution in [0.5, 0.6) is 0 Å². The largest absolute Gasteiger partial charge is 0.338 e. The summed E-state index contributed by atoms with van der Waals surface area (Å²) in [5, 5.41) is 10.4. The minimum Gasteiger partial charge on any atom is -0.338 e. The van der Waals surface area contributed by atoms with Gasteiger partial charge in [-0.15, -0.1) is 10.2 Å². The molecule has 5 rings (SSSR count). The summed E-state index contributed by atoms with van der Waals surface area (Å²) in [4.78, 5) is 34.2. The molecule has 2 amide bonds. The normalized spacial score (nSPS) is 16.1. The van der Waals surface area contributed by atoms with Gasteiger partial charge in [0.2, 0.25) is 17.0 Å². The van der Waals surface area contributed by atoms with Crippen molar-refractivity contribution in [1.82, 2.24) is 29.5 Å². The van der Waals surface area contributed by atoms with E-state index in [0.29, 0.717) is 43.7 Å². The van der Waals surface area contributed by atoms with Crippen molar-refractivity contribution in [1.29, 1.82) is 0 Å². The highest BCUT2D eigenvalue weighted by molar-refractivity contribution is 7.99. The number of benzene rings is 2. The van der Waals surface area contributed by atoms with Gasteiger partial charge in [0.15, 0.2) is 5.65 Å². The topological polar surface area (TPSA) is 84.2 Å². The van der Waals surface area contributed by atoms with Crippen LogP contribution in [0.25, 0.3) is 22.1 Å². The molecule has 4 aromatic rings. The van der Waals surface area contributed by atoms with E-state index >= 15 is 0 Å². The second-order valence-corrected chi connectivity index (χ2v) is 11.5. The van der Waals surface area contributed by atoms with E-state index in [1.807, 2.05) is 34.9 Å². The van der Waals surface area contributed by atoms with Gasteiger partial charge in [0.1, 0.15) is 5.52 Å². The lowest BCUT2D eigenvalue weighted by Crippen LogP contribution is -2.55. The van der Waals surface area contributed by atoms with Gasteiger partial charge >= 0.3 is 0 Å². The standard InChI is InChI=1S/C29H34N6O2S/c1-19(2)14-25(36)34-13-12-33(16-21(34)4)26(37)18-38-29-30-28-27(31-32-29)23-15-20(3)10-11-24(23)35(28)17-22-8-6-5-7-9-22/h5-11,15,19,21H,12-14,16-18H2,1-4H3. The quantitative estimate of drug-likeness (QED) is 0.327. The van der Waals surface area contributed by atoms with Crippen LogP contribution in [0.1, 0.15) is 38.3 Å². The molecule has 0 N–H and O–H groups in total. The predicted molar refractivity (Wildman–Crippen MR) is 151 cm³/mol. The maximum absolute atomic E-state index is 13.0. The van der Waals surface area contributed by atoms with E-state index in [1.54, 1.807) is 0 Å². The second kappa shape index (κ2) is 11.1. The lowest BCUT2D eigenvalue weighted by atomic mass is 10.1. The smallest absolute Gasteiger partial charge is 0.233 e. The van der Waals surface area contributed by atoms with Crippen molar-refractivity contribution in [3.8, 4) is 0 Å². The van der Waals surface area contributed by atoms with E-state index in [2.05, 4.69) is 65.9 Å². The number of aromatic nitrogens is 4. The number of piperazine rings is 1. The number of hydrogen-bond donors (Lipinski definition) is 0. The molecule has 198 valence electrons. The van der Waals surface area contributed by atoms with Crippen molar-refractivity contribution in [2.45, 2.75) is 51.9 Å². The summed E-state index contributed by atoms with van der Waals surface area (Å²) in [6.45, 7) is 10.5. The molecular weight excluding hydrogens is 496 g/mol. The molecule has 0 radical (unpaired) electrons. The molecule has 38 heavy (non-hydrogen) atoms. The monoisotopic (exact) mass is 530 g/mol. The van der Waals surface area contributed by atoms with Gasteiger partial charge in [0.05, 0.1) is 11.3 Å². The third kappa shape index (κ3) is 5.53. The summed E-state index contributed by atoms with van der Waals surface area (Å²) < 4.78 is 2.18. The molecular formula is C29H34N6O2S. The molecule has 9 heteroatoms. The van der Waals surface area contributed by atoms with E-state index in [0.717, 1.165) is 27.6 Å². The summed E-state index contributed by atoms with van der Waals surface area (Å²) in [6, 6.07) is 16.6. The van der Waals surface area contributed by atoms with Crippen LogP contribution in [0.15, 0.2) is 53.7 Å². The van der Waals surface area contributed by atoms with Crippen molar-refractivity contribution >= 4 is 45.6 Å². The molecule has 1 fully saturated rings. The maximum atomic E-state index is 13.0. The molecule has 0 saturated carbocycles. The van der Waals surface area contributed by atoms with Crippen LogP contribution in [0, 0.1) is 12.8 Å². The van der Waals surface area contributed by atoms with Gasteiger partial charge in [-0.3, -0.25) is 9.59 Å². The highest BCUT2D eigenvalue weighted by atomic mass is 32.2. The first-order valence-electron chi connectivity index (χ1n) is 13.2. The molecule has 2 aromatic heterocycles.